The highest BCUT2D eigenvalue weighted by atomic mass is 35.5. The minimum atomic E-state index is -5.29. The monoisotopic (exact) mass is 276 g/mol. The molecule has 0 bridgehead atoms. The van der Waals surface area contributed by atoms with Crippen LogP contribution in [0.1, 0.15) is 21.5 Å². The van der Waals surface area contributed by atoms with Gasteiger partial charge in [-0.25, -0.2) is 0 Å². The second kappa shape index (κ2) is 4.21. The van der Waals surface area contributed by atoms with Crippen molar-refractivity contribution in [3.63, 3.8) is 0 Å². The smallest absolute Gasteiger partial charge is 0.298 e. The maximum Gasteiger partial charge on any atom is 0.418 e. The van der Waals surface area contributed by atoms with Gasteiger partial charge in [0.25, 0.3) is 0 Å². The van der Waals surface area contributed by atoms with Gasteiger partial charge in [0.05, 0.1) is 16.1 Å². The van der Waals surface area contributed by atoms with Crippen LogP contribution in [-0.2, 0) is 12.4 Å². The van der Waals surface area contributed by atoms with E-state index in [4.69, 9.17) is 11.6 Å². The molecule has 94 valence electrons. The van der Waals surface area contributed by atoms with Crippen LogP contribution in [0.4, 0.5) is 26.3 Å². The van der Waals surface area contributed by atoms with Crippen LogP contribution >= 0.6 is 11.6 Å². The lowest BCUT2D eigenvalue weighted by Crippen LogP contribution is -2.17. The van der Waals surface area contributed by atoms with Gasteiger partial charge in [-0.05, 0) is 12.1 Å². The van der Waals surface area contributed by atoms with Gasteiger partial charge in [-0.15, -0.1) is 0 Å². The first-order valence-corrected chi connectivity index (χ1v) is 4.39. The largest absolute Gasteiger partial charge is 0.418 e. The second-order valence-electron chi connectivity index (χ2n) is 3.00. The van der Waals surface area contributed by atoms with E-state index in [2.05, 4.69) is 0 Å². The van der Waals surface area contributed by atoms with Crippen LogP contribution in [0.5, 0.6) is 0 Å². The molecule has 0 aliphatic rings. The van der Waals surface area contributed by atoms with Crippen LogP contribution in [-0.4, -0.2) is 6.29 Å². The van der Waals surface area contributed by atoms with E-state index in [9.17, 15) is 31.1 Å². The molecule has 1 nitrogen and oxygen atoms in total. The van der Waals surface area contributed by atoms with Gasteiger partial charge in [0.2, 0.25) is 0 Å². The fourth-order valence-corrected chi connectivity index (χ4v) is 1.51. The molecule has 0 saturated carbocycles. The summed E-state index contributed by atoms with van der Waals surface area (Å²) in [7, 11) is 0. The number of halogens is 7. The van der Waals surface area contributed by atoms with E-state index in [1.807, 2.05) is 0 Å². The van der Waals surface area contributed by atoms with Crippen molar-refractivity contribution in [3.05, 3.63) is 33.8 Å². The average Bonchev–Trinajstić information content (AvgIpc) is 2.13. The van der Waals surface area contributed by atoms with E-state index in [1.54, 1.807) is 0 Å². The average molecular weight is 277 g/mol. The molecular weight excluding hydrogens is 274 g/mol. The molecule has 0 amide bonds. The summed E-state index contributed by atoms with van der Waals surface area (Å²) >= 11 is 5.15. The molecule has 0 fully saturated rings. The molecule has 8 heteroatoms. The standard InChI is InChI=1S/C9H3ClF6O/c10-7-4(3-17)1-2-5(8(11,12)13)6(7)9(14,15)16/h1-3H. The summed E-state index contributed by atoms with van der Waals surface area (Å²) in [6.45, 7) is 0. The van der Waals surface area contributed by atoms with Crippen molar-refractivity contribution in [1.82, 2.24) is 0 Å². The highest BCUT2D eigenvalue weighted by molar-refractivity contribution is 6.33. The zero-order chi connectivity index (χ0) is 13.4. The maximum atomic E-state index is 12.5. The first-order chi connectivity index (χ1) is 7.59. The van der Waals surface area contributed by atoms with Crippen LogP contribution in [0.15, 0.2) is 12.1 Å². The third-order valence-electron chi connectivity index (χ3n) is 1.89. The molecule has 1 rings (SSSR count). The fourth-order valence-electron chi connectivity index (χ4n) is 1.20. The zero-order valence-corrected chi connectivity index (χ0v) is 8.54. The van der Waals surface area contributed by atoms with E-state index in [-0.39, 0.29) is 12.4 Å². The summed E-state index contributed by atoms with van der Waals surface area (Å²) in [4.78, 5) is 10.3. The van der Waals surface area contributed by atoms with Gasteiger partial charge < -0.3 is 0 Å². The Balaban J connectivity index is 3.65. The lowest BCUT2D eigenvalue weighted by molar-refractivity contribution is -0.162. The third-order valence-corrected chi connectivity index (χ3v) is 2.29. The van der Waals surface area contributed by atoms with Gasteiger partial charge in [0.15, 0.2) is 6.29 Å². The van der Waals surface area contributed by atoms with Gasteiger partial charge in [-0.2, -0.15) is 26.3 Å². The molecule has 0 heterocycles. The Bertz CT molecular complexity index is 448. The number of hydrogen-bond donors (Lipinski definition) is 0. The summed E-state index contributed by atoms with van der Waals surface area (Å²) < 4.78 is 74.4. The Labute approximate surface area is 96.0 Å². The van der Waals surface area contributed by atoms with E-state index in [0.29, 0.717) is 6.07 Å². The summed E-state index contributed by atoms with van der Waals surface area (Å²) in [5.41, 5.74) is -4.61. The lowest BCUT2D eigenvalue weighted by atomic mass is 10.0. The summed E-state index contributed by atoms with van der Waals surface area (Å²) in [6, 6.07) is 0.770. The number of benzene rings is 1. The molecule has 0 saturated heterocycles. The first kappa shape index (κ1) is 13.8. The van der Waals surface area contributed by atoms with Crippen molar-refractivity contribution in [2.45, 2.75) is 12.4 Å². The van der Waals surface area contributed by atoms with Crippen molar-refractivity contribution < 1.29 is 31.1 Å². The minimum absolute atomic E-state index is 0.0439. The molecule has 0 spiro atoms. The topological polar surface area (TPSA) is 17.1 Å². The number of carbonyl (C=O) groups excluding carboxylic acids is 1. The zero-order valence-electron chi connectivity index (χ0n) is 7.79. The van der Waals surface area contributed by atoms with Crippen LogP contribution in [0.25, 0.3) is 0 Å². The van der Waals surface area contributed by atoms with Gasteiger partial charge in [-0.1, -0.05) is 11.6 Å². The quantitative estimate of drug-likeness (QED) is 0.555. The van der Waals surface area contributed by atoms with Gasteiger partial charge >= 0.3 is 12.4 Å². The predicted molar refractivity (Wildman–Crippen MR) is 46.8 cm³/mol. The number of aldehydes is 1. The SMILES string of the molecule is O=Cc1ccc(C(F)(F)F)c(C(F)(F)F)c1Cl. The Hall–Kier alpha value is -1.24. The number of hydrogen-bond acceptors (Lipinski definition) is 1. The van der Waals surface area contributed by atoms with E-state index >= 15 is 0 Å². The van der Waals surface area contributed by atoms with Crippen LogP contribution in [0.3, 0.4) is 0 Å². The number of rotatable bonds is 1. The predicted octanol–water partition coefficient (Wildman–Crippen LogP) is 4.19. The Morgan fingerprint density at radius 3 is 1.88 bits per heavy atom. The molecule has 0 radical (unpaired) electrons. The number of carbonyl (C=O) groups is 1. The Morgan fingerprint density at radius 2 is 1.53 bits per heavy atom. The first-order valence-electron chi connectivity index (χ1n) is 4.01. The molecule has 1 aromatic rings. The number of alkyl halides is 6. The van der Waals surface area contributed by atoms with Crippen molar-refractivity contribution in [3.8, 4) is 0 Å². The highest BCUT2D eigenvalue weighted by Crippen LogP contribution is 2.44. The summed E-state index contributed by atoms with van der Waals surface area (Å²) in [6.07, 6.45) is -10.5. The molecule has 0 aliphatic heterocycles. The van der Waals surface area contributed by atoms with Crippen molar-refractivity contribution in [2.24, 2.45) is 0 Å². The van der Waals surface area contributed by atoms with Gasteiger partial charge in [-0.3, -0.25) is 4.79 Å². The molecule has 0 aliphatic carbocycles. The van der Waals surface area contributed by atoms with Gasteiger partial charge in [0, 0.05) is 5.56 Å². The third kappa shape index (κ3) is 2.71. The Kier molecular flexibility index (Phi) is 3.42. The molecular formula is C9H3ClF6O. The summed E-state index contributed by atoms with van der Waals surface area (Å²) in [5, 5.41) is -1.25. The van der Waals surface area contributed by atoms with E-state index in [1.165, 1.54) is 0 Å². The van der Waals surface area contributed by atoms with Crippen molar-refractivity contribution in [2.75, 3.05) is 0 Å². The Morgan fingerprint density at radius 1 is 1.00 bits per heavy atom. The van der Waals surface area contributed by atoms with Crippen LogP contribution in [0.2, 0.25) is 5.02 Å². The van der Waals surface area contributed by atoms with E-state index in [0.717, 1.165) is 0 Å². The molecule has 0 aromatic heterocycles. The molecule has 0 N–H and O–H groups in total. The maximum absolute atomic E-state index is 12.5. The fraction of sp³-hybridized carbons (Fsp3) is 0.222. The van der Waals surface area contributed by atoms with Gasteiger partial charge in [0.1, 0.15) is 0 Å². The van der Waals surface area contributed by atoms with Crippen LogP contribution in [0, 0.1) is 0 Å². The molecule has 0 atom stereocenters. The highest BCUT2D eigenvalue weighted by Gasteiger charge is 2.45. The van der Waals surface area contributed by atoms with Crippen molar-refractivity contribution in [1.29, 1.82) is 0 Å². The van der Waals surface area contributed by atoms with E-state index < -0.39 is 34.1 Å². The normalized spacial score (nSPS) is 12.6. The lowest BCUT2D eigenvalue weighted by Gasteiger charge is -2.17. The van der Waals surface area contributed by atoms with Crippen molar-refractivity contribution >= 4 is 17.9 Å². The summed E-state index contributed by atoms with van der Waals surface area (Å²) in [5.74, 6) is 0. The molecule has 1 aromatic carbocycles. The molecule has 0 unspecified atom stereocenters. The molecule has 17 heavy (non-hydrogen) atoms. The second-order valence-corrected chi connectivity index (χ2v) is 3.38. The minimum Gasteiger partial charge on any atom is -0.298 e. The van der Waals surface area contributed by atoms with Crippen LogP contribution < -0.4 is 0 Å².